The highest BCUT2D eigenvalue weighted by atomic mass is 31.2. The fourth-order valence-corrected chi connectivity index (χ4v) is 8.27. The Hall–Kier alpha value is -3.44. The molecule has 1 aliphatic rings. The molecule has 2 rings (SSSR count). The van der Waals surface area contributed by atoms with E-state index in [0.717, 1.165) is 5.56 Å². The van der Waals surface area contributed by atoms with E-state index >= 15 is 0 Å². The van der Waals surface area contributed by atoms with Gasteiger partial charge >= 0.3 is 6.09 Å². The smallest absolute Gasteiger partial charge is 0.410 e. The van der Waals surface area contributed by atoms with Crippen LogP contribution in [0.5, 0.6) is 0 Å². The highest BCUT2D eigenvalue weighted by Crippen LogP contribution is 2.48. The number of rotatable bonds is 20. The fraction of sp³-hybridized carbons (Fsp3) is 0.694. The summed E-state index contributed by atoms with van der Waals surface area (Å²) in [6.45, 7) is 13.9. The van der Waals surface area contributed by atoms with E-state index in [2.05, 4.69) is 21.3 Å². The number of nitrogens with one attached hydrogen (secondary N) is 4. The molecule has 13 nitrogen and oxygen atoms in total. The Kier molecular flexibility index (Phi) is 18.0. The molecule has 1 saturated heterocycles. The van der Waals surface area contributed by atoms with Crippen molar-refractivity contribution >= 4 is 37.1 Å². The van der Waals surface area contributed by atoms with Gasteiger partial charge < -0.3 is 30.5 Å². The van der Waals surface area contributed by atoms with E-state index in [1.54, 1.807) is 6.92 Å². The minimum Gasteiger partial charge on any atom is -0.445 e. The van der Waals surface area contributed by atoms with E-state index in [0.29, 0.717) is 38.6 Å². The van der Waals surface area contributed by atoms with Crippen molar-refractivity contribution in [3.05, 3.63) is 35.9 Å². The van der Waals surface area contributed by atoms with E-state index in [1.165, 1.54) is 11.9 Å². The maximum atomic E-state index is 14.2. The molecule has 0 radical (unpaired) electrons. The first-order chi connectivity index (χ1) is 23.6. The lowest BCUT2D eigenvalue weighted by molar-refractivity contribution is -0.131. The molecular formula is C36H60N5O8P. The van der Waals surface area contributed by atoms with E-state index in [4.69, 9.17) is 9.26 Å². The van der Waals surface area contributed by atoms with E-state index in [-0.39, 0.29) is 49.3 Å². The number of hydrogen-bond donors (Lipinski definition) is 4. The number of likely N-dealkylation sites (tertiary alicyclic amines) is 1. The average Bonchev–Trinajstić information content (AvgIpc) is 3.55. The molecule has 0 aliphatic carbocycles. The highest BCUT2D eigenvalue weighted by Gasteiger charge is 2.38. The van der Waals surface area contributed by atoms with Crippen LogP contribution in [0.3, 0.4) is 0 Å². The highest BCUT2D eigenvalue weighted by molar-refractivity contribution is 7.59. The average molecular weight is 722 g/mol. The van der Waals surface area contributed by atoms with Gasteiger partial charge in [0.15, 0.2) is 0 Å². The molecule has 2 unspecified atom stereocenters. The predicted molar refractivity (Wildman–Crippen MR) is 193 cm³/mol. The quantitative estimate of drug-likeness (QED) is 0.141. The first kappa shape index (κ1) is 42.7. The van der Waals surface area contributed by atoms with Crippen LogP contribution in [-0.4, -0.2) is 85.4 Å². The number of amides is 5. The molecule has 0 bridgehead atoms. The van der Waals surface area contributed by atoms with Gasteiger partial charge in [0.1, 0.15) is 24.7 Å². The summed E-state index contributed by atoms with van der Waals surface area (Å²) in [6.07, 6.45) is 1.13. The van der Waals surface area contributed by atoms with E-state index < -0.39 is 55.2 Å². The maximum absolute atomic E-state index is 14.2. The predicted octanol–water partition coefficient (Wildman–Crippen LogP) is 4.65. The van der Waals surface area contributed by atoms with Crippen molar-refractivity contribution in [2.45, 2.75) is 105 Å². The van der Waals surface area contributed by atoms with Gasteiger partial charge in [-0.3, -0.25) is 28.6 Å². The Labute approximate surface area is 298 Å². The van der Waals surface area contributed by atoms with Gasteiger partial charge in [-0.2, -0.15) is 0 Å². The Balaban J connectivity index is 2.14. The summed E-state index contributed by atoms with van der Waals surface area (Å²) in [5.41, 5.74) is 0.828. The van der Waals surface area contributed by atoms with Crippen molar-refractivity contribution in [2.75, 3.05) is 32.6 Å². The largest absolute Gasteiger partial charge is 0.445 e. The molecule has 0 aromatic heterocycles. The molecule has 5 atom stereocenters. The van der Waals surface area contributed by atoms with Crippen LogP contribution in [0.25, 0.3) is 0 Å². The van der Waals surface area contributed by atoms with Gasteiger partial charge in [-0.1, -0.05) is 71.9 Å². The first-order valence-corrected chi connectivity index (χ1v) is 19.9. The zero-order valence-corrected chi connectivity index (χ0v) is 32.1. The molecule has 282 valence electrons. The van der Waals surface area contributed by atoms with Crippen LogP contribution < -0.4 is 21.3 Å². The van der Waals surface area contributed by atoms with Crippen LogP contribution in [0.4, 0.5) is 4.79 Å². The zero-order valence-electron chi connectivity index (χ0n) is 31.2. The van der Waals surface area contributed by atoms with Crippen LogP contribution >= 0.6 is 7.37 Å². The fourth-order valence-electron chi connectivity index (χ4n) is 6.09. The van der Waals surface area contributed by atoms with Gasteiger partial charge in [-0.25, -0.2) is 4.79 Å². The minimum absolute atomic E-state index is 0.0264. The second kappa shape index (κ2) is 21.0. The molecule has 1 aliphatic heterocycles. The monoisotopic (exact) mass is 721 g/mol. The van der Waals surface area contributed by atoms with Crippen molar-refractivity contribution in [2.24, 2.45) is 23.7 Å². The summed E-state index contributed by atoms with van der Waals surface area (Å²) in [4.78, 5) is 67.4. The lowest BCUT2D eigenvalue weighted by Gasteiger charge is -2.28. The summed E-state index contributed by atoms with van der Waals surface area (Å²) >= 11 is 0. The number of ether oxygens (including phenoxy) is 1. The molecule has 0 spiro atoms. The number of nitrogens with zero attached hydrogens (tertiary/aromatic N) is 1. The molecule has 1 heterocycles. The maximum Gasteiger partial charge on any atom is 0.410 e. The third-order valence-corrected chi connectivity index (χ3v) is 10.8. The molecule has 50 heavy (non-hydrogen) atoms. The second-order valence-corrected chi connectivity index (χ2v) is 16.9. The minimum atomic E-state index is -3.60. The number of benzene rings is 1. The van der Waals surface area contributed by atoms with Crippen molar-refractivity contribution in [1.82, 2.24) is 26.2 Å². The zero-order chi connectivity index (χ0) is 37.4. The third-order valence-electron chi connectivity index (χ3n) is 8.41. The third kappa shape index (κ3) is 14.4. The summed E-state index contributed by atoms with van der Waals surface area (Å²) in [7, 11) is -2.09. The van der Waals surface area contributed by atoms with Crippen LogP contribution in [-0.2, 0) is 39.6 Å². The summed E-state index contributed by atoms with van der Waals surface area (Å²) < 4.78 is 25.4. The van der Waals surface area contributed by atoms with Gasteiger partial charge in [0, 0.05) is 25.7 Å². The molecule has 1 aromatic carbocycles. The number of hydrogen-bond acceptors (Lipinski definition) is 8. The summed E-state index contributed by atoms with van der Waals surface area (Å²) in [5, 5.41) is 11.0. The summed E-state index contributed by atoms with van der Waals surface area (Å²) in [5.74, 6) is -2.18. The number of likely N-dealkylation sites (N-methyl/N-ethyl adjacent to an activating group) is 1. The van der Waals surface area contributed by atoms with Crippen molar-refractivity contribution in [1.29, 1.82) is 0 Å². The van der Waals surface area contributed by atoms with Gasteiger partial charge in [-0.05, 0) is 62.3 Å². The Morgan fingerprint density at radius 2 is 1.46 bits per heavy atom. The Morgan fingerprint density at radius 3 is 2.02 bits per heavy atom. The molecule has 1 fully saturated rings. The first-order valence-electron chi connectivity index (χ1n) is 17.9. The normalized spacial score (nSPS) is 17.5. The van der Waals surface area contributed by atoms with E-state index in [1.807, 2.05) is 71.9 Å². The van der Waals surface area contributed by atoms with Crippen LogP contribution in [0.2, 0.25) is 0 Å². The molecule has 4 N–H and O–H groups in total. The molecular weight excluding hydrogens is 661 g/mol. The lowest BCUT2D eigenvalue weighted by Crippen LogP contribution is -2.53. The van der Waals surface area contributed by atoms with Crippen LogP contribution in [0, 0.1) is 23.7 Å². The van der Waals surface area contributed by atoms with Crippen molar-refractivity contribution in [3.8, 4) is 0 Å². The number of carbonyl (C=O) groups is 5. The molecule has 5 amide bonds. The van der Waals surface area contributed by atoms with Gasteiger partial charge in [0.05, 0.1) is 12.9 Å². The van der Waals surface area contributed by atoms with Crippen LogP contribution in [0.1, 0.15) is 86.1 Å². The van der Waals surface area contributed by atoms with Gasteiger partial charge in [-0.15, -0.1) is 0 Å². The second-order valence-electron chi connectivity index (χ2n) is 14.3. The SMILES string of the molecule is CCOP(=O)(CNC(=O)C(CC(C)C)NC(=O)[C@@H]1CCCN1C(=O)OCc1ccccc1)C[C@@H](CC(C)C)C(=O)N[C@@H](CC(C)C)C(=O)NC. The van der Waals surface area contributed by atoms with E-state index in [9.17, 15) is 28.5 Å². The molecule has 1 aromatic rings. The topological polar surface area (TPSA) is 172 Å². The lowest BCUT2D eigenvalue weighted by atomic mass is 9.96. The Bertz CT molecular complexity index is 1310. The standard InChI is InChI=1S/C36H60N5O8P/c1-9-49-50(47,22-28(18-24(2)3)32(42)39-29(19-25(4)5)33(43)37-8)23-38-34(44)30(20-26(6)7)40-35(45)31-16-13-17-41(31)36(46)48-21-27-14-11-10-12-15-27/h10-12,14-15,24-26,28-31H,9,13,16-23H2,1-8H3,(H,37,43)(H,38,44)(H,39,42)(H,40,45)/t28-,29+,30?,31+,50?/m1/s1. The molecule has 0 saturated carbocycles. The summed E-state index contributed by atoms with van der Waals surface area (Å²) in [6, 6.07) is 6.76. The van der Waals surface area contributed by atoms with Gasteiger partial charge in [0.25, 0.3) is 0 Å². The van der Waals surface area contributed by atoms with Gasteiger partial charge in [0.2, 0.25) is 31.0 Å². The van der Waals surface area contributed by atoms with Crippen molar-refractivity contribution in [3.63, 3.8) is 0 Å². The number of carbonyl (C=O) groups excluding carboxylic acids is 5. The Morgan fingerprint density at radius 1 is 0.860 bits per heavy atom. The van der Waals surface area contributed by atoms with Crippen molar-refractivity contribution < 1.29 is 37.8 Å². The molecule has 14 heteroatoms. The van der Waals surface area contributed by atoms with Crippen LogP contribution in [0.15, 0.2) is 30.3 Å².